The Morgan fingerprint density at radius 2 is 1.78 bits per heavy atom. The molecule has 0 spiro atoms. The molecule has 1 aliphatic carbocycles. The van der Waals surface area contributed by atoms with Crippen molar-refractivity contribution in [3.05, 3.63) is 83.6 Å². The largest absolute Gasteiger partial charge is 0.491 e. The molecule has 2 atom stereocenters. The highest BCUT2D eigenvalue weighted by Crippen LogP contribution is 2.26. The van der Waals surface area contributed by atoms with Crippen molar-refractivity contribution < 1.29 is 19.1 Å². The minimum Gasteiger partial charge on any atom is -0.491 e. The summed E-state index contributed by atoms with van der Waals surface area (Å²) < 4.78 is 11.5. The number of carbonyl (C=O) groups is 2. The maximum Gasteiger partial charge on any atom is 0.306 e. The Hall–Kier alpha value is -4.20. The number of amidine groups is 1. The Labute approximate surface area is 209 Å². The summed E-state index contributed by atoms with van der Waals surface area (Å²) in [5.41, 5.74) is 10.2. The van der Waals surface area contributed by atoms with Crippen LogP contribution < -0.4 is 15.8 Å². The topological polar surface area (TPSA) is 127 Å². The van der Waals surface area contributed by atoms with Crippen molar-refractivity contribution >= 4 is 17.7 Å². The van der Waals surface area contributed by atoms with Gasteiger partial charge in [0.15, 0.2) is 0 Å². The van der Waals surface area contributed by atoms with E-state index in [4.69, 9.17) is 20.6 Å². The molecular formula is C28H28N4O4. The molecule has 1 aliphatic heterocycles. The third kappa shape index (κ3) is 5.38. The molecule has 0 bridgehead atoms. The fourth-order valence-corrected chi connectivity index (χ4v) is 4.79. The van der Waals surface area contributed by atoms with Gasteiger partial charge in [0.1, 0.15) is 24.3 Å². The van der Waals surface area contributed by atoms with Crippen LogP contribution in [0.25, 0.3) is 11.3 Å². The lowest BCUT2D eigenvalue weighted by Gasteiger charge is -2.14. The summed E-state index contributed by atoms with van der Waals surface area (Å²) in [7, 11) is 0. The molecule has 3 aromatic rings. The van der Waals surface area contributed by atoms with E-state index in [0.717, 1.165) is 24.1 Å². The molecule has 0 radical (unpaired) electrons. The molecule has 1 saturated heterocycles. The van der Waals surface area contributed by atoms with Gasteiger partial charge in [0.05, 0.1) is 24.1 Å². The van der Waals surface area contributed by atoms with Crippen LogP contribution in [-0.4, -0.2) is 41.4 Å². The van der Waals surface area contributed by atoms with Crippen LogP contribution in [0.4, 0.5) is 0 Å². The second-order valence-corrected chi connectivity index (χ2v) is 9.31. The molecule has 0 unspecified atom stereocenters. The number of nitrogen functional groups attached to an aromatic ring is 1. The SMILES string of the molecule is N=C(N)c1ccc(-c2ccc(OC[C@@H]3C[C@@H](CC(=O)OC4Cc5ccccc5C4)C(=O)N3)cc2)nc1. The quantitative estimate of drug-likeness (QED) is 0.256. The normalized spacial score (nSPS) is 18.9. The van der Waals surface area contributed by atoms with Gasteiger partial charge in [-0.1, -0.05) is 24.3 Å². The minimum atomic E-state index is -0.402. The predicted octanol–water partition coefficient (Wildman–Crippen LogP) is 3.02. The average Bonchev–Trinajstić information content (AvgIpc) is 3.45. The molecule has 1 amide bonds. The van der Waals surface area contributed by atoms with Crippen LogP contribution in [0.1, 0.15) is 29.5 Å². The zero-order chi connectivity index (χ0) is 25.1. The molecule has 0 saturated carbocycles. The number of nitrogens with zero attached hydrogens (tertiary/aromatic N) is 1. The van der Waals surface area contributed by atoms with Crippen LogP contribution in [-0.2, 0) is 27.2 Å². The molecule has 2 heterocycles. The molecule has 1 aromatic heterocycles. The fraction of sp³-hybridized carbons (Fsp3) is 0.286. The number of nitrogens with two attached hydrogens (primary N) is 1. The van der Waals surface area contributed by atoms with Crippen molar-refractivity contribution in [3.8, 4) is 17.0 Å². The number of ether oxygens (including phenoxy) is 2. The molecule has 36 heavy (non-hydrogen) atoms. The molecule has 8 nitrogen and oxygen atoms in total. The van der Waals surface area contributed by atoms with Gasteiger partial charge in [0.2, 0.25) is 5.91 Å². The highest BCUT2D eigenvalue weighted by molar-refractivity contribution is 5.94. The lowest BCUT2D eigenvalue weighted by molar-refractivity contribution is -0.151. The van der Waals surface area contributed by atoms with Crippen molar-refractivity contribution in [1.82, 2.24) is 10.3 Å². The predicted molar refractivity (Wildman–Crippen MR) is 135 cm³/mol. The molecule has 2 aromatic carbocycles. The van der Waals surface area contributed by atoms with Crippen molar-refractivity contribution in [3.63, 3.8) is 0 Å². The van der Waals surface area contributed by atoms with Crippen molar-refractivity contribution in [1.29, 1.82) is 5.41 Å². The van der Waals surface area contributed by atoms with E-state index >= 15 is 0 Å². The third-order valence-electron chi connectivity index (χ3n) is 6.69. The maximum atomic E-state index is 12.5. The molecule has 5 rings (SSSR count). The van der Waals surface area contributed by atoms with Gasteiger partial charge in [0, 0.05) is 30.2 Å². The fourth-order valence-electron chi connectivity index (χ4n) is 4.79. The van der Waals surface area contributed by atoms with Crippen LogP contribution >= 0.6 is 0 Å². The Kier molecular flexibility index (Phi) is 6.66. The Morgan fingerprint density at radius 1 is 1.06 bits per heavy atom. The summed E-state index contributed by atoms with van der Waals surface area (Å²) in [6.07, 6.45) is 3.50. The van der Waals surface area contributed by atoms with Crippen LogP contribution in [0, 0.1) is 11.3 Å². The molecule has 1 fully saturated rings. The summed E-state index contributed by atoms with van der Waals surface area (Å²) in [6.45, 7) is 0.320. The van der Waals surface area contributed by atoms with Crippen LogP contribution in [0.15, 0.2) is 66.9 Å². The zero-order valence-electron chi connectivity index (χ0n) is 19.8. The number of pyridine rings is 1. The Balaban J connectivity index is 1.08. The van der Waals surface area contributed by atoms with E-state index < -0.39 is 5.92 Å². The van der Waals surface area contributed by atoms with Crippen molar-refractivity contribution in [2.75, 3.05) is 6.61 Å². The summed E-state index contributed by atoms with van der Waals surface area (Å²) in [4.78, 5) is 29.2. The number of amides is 1. The Morgan fingerprint density at radius 3 is 2.42 bits per heavy atom. The molecule has 2 aliphatic rings. The van der Waals surface area contributed by atoms with Gasteiger partial charge in [-0.15, -0.1) is 0 Å². The van der Waals surface area contributed by atoms with E-state index in [1.165, 1.54) is 11.1 Å². The highest BCUT2D eigenvalue weighted by atomic mass is 16.5. The number of fused-ring (bicyclic) bond motifs is 1. The number of carbonyl (C=O) groups excluding carboxylic acids is 2. The standard InChI is InChI=1S/C28H28N4O4/c29-27(30)20-7-10-25(31-15-20)17-5-8-23(9-6-17)35-16-22-11-21(28(34)32-22)14-26(33)36-24-12-18-3-1-2-4-19(18)13-24/h1-10,15,21-22,24H,11-14,16H2,(H3,29,30)(H,32,34)/t21-,22-/m0/s1. The smallest absolute Gasteiger partial charge is 0.306 e. The summed E-state index contributed by atoms with van der Waals surface area (Å²) in [5.74, 6) is -0.199. The number of hydrogen-bond donors (Lipinski definition) is 3. The summed E-state index contributed by atoms with van der Waals surface area (Å²) >= 11 is 0. The summed E-state index contributed by atoms with van der Waals surface area (Å²) in [6, 6.07) is 19.0. The zero-order valence-corrected chi connectivity index (χ0v) is 19.8. The monoisotopic (exact) mass is 484 g/mol. The number of aromatic nitrogens is 1. The first-order chi connectivity index (χ1) is 17.4. The van der Waals surface area contributed by atoms with E-state index in [1.807, 2.05) is 42.5 Å². The Bertz CT molecular complexity index is 1250. The lowest BCUT2D eigenvalue weighted by atomic mass is 10.0. The van der Waals surface area contributed by atoms with Crippen molar-refractivity contribution in [2.24, 2.45) is 11.7 Å². The van der Waals surface area contributed by atoms with Gasteiger partial charge in [-0.3, -0.25) is 20.0 Å². The van der Waals surface area contributed by atoms with Gasteiger partial charge in [-0.25, -0.2) is 0 Å². The number of nitrogens with one attached hydrogen (secondary N) is 2. The van der Waals surface area contributed by atoms with E-state index in [0.29, 0.717) is 24.3 Å². The van der Waals surface area contributed by atoms with Crippen LogP contribution in [0.5, 0.6) is 5.75 Å². The van der Waals surface area contributed by atoms with Gasteiger partial charge in [0.25, 0.3) is 0 Å². The van der Waals surface area contributed by atoms with Gasteiger partial charge in [-0.05, 0) is 53.9 Å². The number of esters is 1. The third-order valence-corrected chi connectivity index (χ3v) is 6.69. The van der Waals surface area contributed by atoms with Crippen LogP contribution in [0.2, 0.25) is 0 Å². The highest BCUT2D eigenvalue weighted by Gasteiger charge is 2.35. The number of hydrogen-bond acceptors (Lipinski definition) is 6. The van der Waals surface area contributed by atoms with E-state index in [2.05, 4.69) is 22.4 Å². The van der Waals surface area contributed by atoms with E-state index in [1.54, 1.807) is 12.3 Å². The van der Waals surface area contributed by atoms with Crippen molar-refractivity contribution in [2.45, 2.75) is 37.8 Å². The van der Waals surface area contributed by atoms with Gasteiger partial charge in [-0.2, -0.15) is 0 Å². The average molecular weight is 485 g/mol. The number of benzene rings is 2. The second kappa shape index (κ2) is 10.2. The number of rotatable bonds is 8. The van der Waals surface area contributed by atoms with E-state index in [-0.39, 0.29) is 36.3 Å². The maximum absolute atomic E-state index is 12.5. The van der Waals surface area contributed by atoms with Crippen LogP contribution in [0.3, 0.4) is 0 Å². The molecule has 184 valence electrons. The lowest BCUT2D eigenvalue weighted by Crippen LogP contribution is -2.31. The molecule has 4 N–H and O–H groups in total. The van der Waals surface area contributed by atoms with Gasteiger partial charge < -0.3 is 20.5 Å². The second-order valence-electron chi connectivity index (χ2n) is 9.31. The first-order valence-electron chi connectivity index (χ1n) is 12.0. The molecule has 8 heteroatoms. The first-order valence-corrected chi connectivity index (χ1v) is 12.0. The molecular weight excluding hydrogens is 456 g/mol. The van der Waals surface area contributed by atoms with Gasteiger partial charge >= 0.3 is 5.97 Å². The summed E-state index contributed by atoms with van der Waals surface area (Å²) in [5, 5.41) is 10.4. The first kappa shape index (κ1) is 23.5. The minimum absolute atomic E-state index is 0.0178. The van der Waals surface area contributed by atoms with E-state index in [9.17, 15) is 9.59 Å².